The summed E-state index contributed by atoms with van der Waals surface area (Å²) in [4.78, 5) is 0. The molecule has 7 rings (SSSR count). The molecule has 0 unspecified atom stereocenters. The minimum absolute atomic E-state index is 1.09. The highest BCUT2D eigenvalue weighted by molar-refractivity contribution is 7.26. The predicted molar refractivity (Wildman–Crippen MR) is 157 cm³/mol. The number of fused-ring (bicyclic) bond motifs is 5. The maximum atomic E-state index is 3.61. The average Bonchev–Trinajstić information content (AvgIpc) is 3.33. The molecule has 7 aromatic rings. The van der Waals surface area contributed by atoms with Gasteiger partial charge >= 0.3 is 0 Å². The SMILES string of the molecule is c1ccc(-c2ccc(-c3ccc(Nc4ccc5sc6ccc7ccccc7c6c5c4)cc3)cc2)cc1. The first kappa shape index (κ1) is 20.9. The zero-order valence-electron chi connectivity index (χ0n) is 19.6. The maximum Gasteiger partial charge on any atom is 0.0391 e. The molecule has 1 nitrogen and oxygen atoms in total. The highest BCUT2D eigenvalue weighted by Crippen LogP contribution is 2.40. The van der Waals surface area contributed by atoms with Gasteiger partial charge in [0.05, 0.1) is 0 Å². The first-order valence-electron chi connectivity index (χ1n) is 12.2. The van der Waals surface area contributed by atoms with Gasteiger partial charge < -0.3 is 5.32 Å². The van der Waals surface area contributed by atoms with Gasteiger partial charge in [-0.1, -0.05) is 97.1 Å². The van der Waals surface area contributed by atoms with Crippen molar-refractivity contribution in [3.05, 3.63) is 133 Å². The van der Waals surface area contributed by atoms with Gasteiger partial charge in [-0.2, -0.15) is 0 Å². The van der Waals surface area contributed by atoms with Crippen molar-refractivity contribution in [1.29, 1.82) is 0 Å². The molecule has 1 aromatic heterocycles. The van der Waals surface area contributed by atoms with Crippen LogP contribution in [0.2, 0.25) is 0 Å². The van der Waals surface area contributed by atoms with E-state index in [9.17, 15) is 0 Å². The second-order valence-electron chi connectivity index (χ2n) is 9.12. The Bertz CT molecular complexity index is 1830. The molecule has 36 heavy (non-hydrogen) atoms. The Morgan fingerprint density at radius 2 is 1.00 bits per heavy atom. The van der Waals surface area contributed by atoms with E-state index in [-0.39, 0.29) is 0 Å². The molecule has 0 fully saturated rings. The molecule has 170 valence electrons. The molecule has 0 saturated heterocycles. The van der Waals surface area contributed by atoms with Crippen molar-refractivity contribution in [3.63, 3.8) is 0 Å². The Morgan fingerprint density at radius 1 is 0.417 bits per heavy atom. The zero-order valence-corrected chi connectivity index (χ0v) is 20.4. The lowest BCUT2D eigenvalue weighted by atomic mass is 10.0. The fourth-order valence-electron chi connectivity index (χ4n) is 5.02. The van der Waals surface area contributed by atoms with Crippen LogP contribution in [-0.2, 0) is 0 Å². The van der Waals surface area contributed by atoms with Gasteiger partial charge in [0.25, 0.3) is 0 Å². The number of anilines is 2. The van der Waals surface area contributed by atoms with Gasteiger partial charge in [-0.05, 0) is 69.4 Å². The van der Waals surface area contributed by atoms with Gasteiger partial charge in [0.1, 0.15) is 0 Å². The molecule has 1 heterocycles. The van der Waals surface area contributed by atoms with Crippen molar-refractivity contribution in [2.45, 2.75) is 0 Å². The summed E-state index contributed by atoms with van der Waals surface area (Å²) in [6.07, 6.45) is 0. The van der Waals surface area contributed by atoms with Gasteiger partial charge in [-0.15, -0.1) is 11.3 Å². The third kappa shape index (κ3) is 3.73. The van der Waals surface area contributed by atoms with Crippen LogP contribution < -0.4 is 5.32 Å². The van der Waals surface area contributed by atoms with E-state index in [0.717, 1.165) is 11.4 Å². The molecule has 0 radical (unpaired) electrons. The van der Waals surface area contributed by atoms with Crippen molar-refractivity contribution in [2.24, 2.45) is 0 Å². The summed E-state index contributed by atoms with van der Waals surface area (Å²) in [5.74, 6) is 0. The zero-order chi connectivity index (χ0) is 23.9. The van der Waals surface area contributed by atoms with E-state index in [2.05, 4.69) is 139 Å². The number of hydrogen-bond acceptors (Lipinski definition) is 2. The highest BCUT2D eigenvalue weighted by atomic mass is 32.1. The Morgan fingerprint density at radius 3 is 1.75 bits per heavy atom. The second-order valence-corrected chi connectivity index (χ2v) is 10.2. The molecule has 6 aromatic carbocycles. The van der Waals surface area contributed by atoms with E-state index in [0.29, 0.717) is 0 Å². The van der Waals surface area contributed by atoms with E-state index in [4.69, 9.17) is 0 Å². The lowest BCUT2D eigenvalue weighted by molar-refractivity contribution is 1.55. The largest absolute Gasteiger partial charge is 0.356 e. The lowest BCUT2D eigenvalue weighted by Gasteiger charge is -2.09. The van der Waals surface area contributed by atoms with Crippen molar-refractivity contribution in [2.75, 3.05) is 5.32 Å². The van der Waals surface area contributed by atoms with Gasteiger partial charge in [0, 0.05) is 31.5 Å². The topological polar surface area (TPSA) is 12.0 Å². The average molecular weight is 478 g/mol. The van der Waals surface area contributed by atoms with Crippen LogP contribution in [0.4, 0.5) is 11.4 Å². The summed E-state index contributed by atoms with van der Waals surface area (Å²) in [5, 5.41) is 8.89. The van der Waals surface area contributed by atoms with E-state index < -0.39 is 0 Å². The van der Waals surface area contributed by atoms with E-state index in [1.807, 2.05) is 11.3 Å². The van der Waals surface area contributed by atoms with Gasteiger partial charge in [-0.3, -0.25) is 0 Å². The van der Waals surface area contributed by atoms with Crippen LogP contribution in [0.3, 0.4) is 0 Å². The summed E-state index contributed by atoms with van der Waals surface area (Å²) >= 11 is 1.86. The van der Waals surface area contributed by atoms with Crippen LogP contribution in [0.15, 0.2) is 133 Å². The first-order chi connectivity index (χ1) is 17.8. The molecule has 0 aliphatic carbocycles. The highest BCUT2D eigenvalue weighted by Gasteiger charge is 2.10. The Kier molecular flexibility index (Phi) is 5.04. The summed E-state index contributed by atoms with van der Waals surface area (Å²) < 4.78 is 2.66. The van der Waals surface area contributed by atoms with Crippen LogP contribution >= 0.6 is 11.3 Å². The Hall–Kier alpha value is -4.40. The van der Waals surface area contributed by atoms with Crippen molar-refractivity contribution >= 4 is 53.7 Å². The van der Waals surface area contributed by atoms with Crippen LogP contribution in [-0.4, -0.2) is 0 Å². The predicted octanol–water partition coefficient (Wildman–Crippen LogP) is 10.3. The van der Waals surface area contributed by atoms with Gasteiger partial charge in [0.15, 0.2) is 0 Å². The fraction of sp³-hybridized carbons (Fsp3) is 0. The van der Waals surface area contributed by atoms with E-state index in [1.54, 1.807) is 0 Å². The number of benzene rings is 6. The smallest absolute Gasteiger partial charge is 0.0391 e. The van der Waals surface area contributed by atoms with Crippen LogP contribution in [0.1, 0.15) is 0 Å². The first-order valence-corrected chi connectivity index (χ1v) is 13.0. The number of thiophene rings is 1. The molecule has 0 bridgehead atoms. The number of nitrogens with one attached hydrogen (secondary N) is 1. The molecule has 1 N–H and O–H groups in total. The lowest BCUT2D eigenvalue weighted by Crippen LogP contribution is -1.90. The van der Waals surface area contributed by atoms with Crippen molar-refractivity contribution in [1.82, 2.24) is 0 Å². The molecular formula is C34H23NS. The van der Waals surface area contributed by atoms with Crippen LogP contribution in [0, 0.1) is 0 Å². The van der Waals surface area contributed by atoms with Crippen molar-refractivity contribution in [3.8, 4) is 22.3 Å². The van der Waals surface area contributed by atoms with Gasteiger partial charge in [-0.25, -0.2) is 0 Å². The molecule has 0 aliphatic rings. The standard InChI is InChI=1S/C34H23NS/c1-2-6-23(7-3-1)24-10-12-25(13-11-24)26-14-17-28(18-15-26)35-29-19-21-32-31(22-29)34-30-9-5-4-8-27(30)16-20-33(34)36-32/h1-22,35H. The molecule has 0 spiro atoms. The second kappa shape index (κ2) is 8.67. The van der Waals surface area contributed by atoms with Crippen molar-refractivity contribution < 1.29 is 0 Å². The fourth-order valence-corrected chi connectivity index (χ4v) is 6.13. The Labute approximate surface area is 214 Å². The van der Waals surface area contributed by atoms with Crippen LogP contribution in [0.25, 0.3) is 53.2 Å². The molecular weight excluding hydrogens is 454 g/mol. The minimum Gasteiger partial charge on any atom is -0.356 e. The van der Waals surface area contributed by atoms with E-state index >= 15 is 0 Å². The monoisotopic (exact) mass is 477 g/mol. The molecule has 0 atom stereocenters. The minimum atomic E-state index is 1.09. The maximum absolute atomic E-state index is 3.61. The van der Waals surface area contributed by atoms with Gasteiger partial charge in [0.2, 0.25) is 0 Å². The summed E-state index contributed by atoms with van der Waals surface area (Å²) in [5.41, 5.74) is 7.11. The number of rotatable bonds is 4. The molecule has 0 saturated carbocycles. The third-order valence-electron chi connectivity index (χ3n) is 6.86. The molecule has 2 heteroatoms. The number of hydrogen-bond donors (Lipinski definition) is 1. The normalized spacial score (nSPS) is 11.3. The molecule has 0 aliphatic heterocycles. The summed E-state index contributed by atoms with van der Waals surface area (Å²) in [6, 6.07) is 47.8. The van der Waals surface area contributed by atoms with Crippen LogP contribution in [0.5, 0.6) is 0 Å². The summed E-state index contributed by atoms with van der Waals surface area (Å²) in [7, 11) is 0. The molecule has 0 amide bonds. The quantitative estimate of drug-likeness (QED) is 0.266. The van der Waals surface area contributed by atoms with E-state index in [1.165, 1.54) is 53.2 Å². The Balaban J connectivity index is 1.17. The third-order valence-corrected chi connectivity index (χ3v) is 7.99. The summed E-state index contributed by atoms with van der Waals surface area (Å²) in [6.45, 7) is 0.